The van der Waals surface area contributed by atoms with Crippen molar-refractivity contribution in [3.05, 3.63) is 35.2 Å². The summed E-state index contributed by atoms with van der Waals surface area (Å²) >= 11 is 1.93. The Bertz CT molecular complexity index is 409. The first-order valence-corrected chi connectivity index (χ1v) is 5.93. The molecule has 0 saturated carbocycles. The maximum Gasteiger partial charge on any atom is 0.0346 e. The molecule has 0 amide bonds. The van der Waals surface area contributed by atoms with Crippen molar-refractivity contribution in [3.8, 4) is 0 Å². The van der Waals surface area contributed by atoms with Gasteiger partial charge in [-0.25, -0.2) is 0 Å². The van der Waals surface area contributed by atoms with Crippen LogP contribution in [-0.4, -0.2) is 18.0 Å². The first-order valence-electron chi connectivity index (χ1n) is 5.12. The lowest BCUT2D eigenvalue weighted by Gasteiger charge is -2.29. The third kappa shape index (κ3) is 1.45. The van der Waals surface area contributed by atoms with Gasteiger partial charge in [0, 0.05) is 16.1 Å². The zero-order valence-electron chi connectivity index (χ0n) is 8.07. The molecule has 1 saturated heterocycles. The van der Waals surface area contributed by atoms with Crippen LogP contribution in [-0.2, 0) is 6.54 Å². The third-order valence-electron chi connectivity index (χ3n) is 2.80. The molecule has 2 aromatic rings. The van der Waals surface area contributed by atoms with Gasteiger partial charge in [-0.3, -0.25) is 4.90 Å². The number of rotatable bonds is 2. The second-order valence-electron chi connectivity index (χ2n) is 3.88. The number of fused-ring (bicyclic) bond motifs is 1. The maximum absolute atomic E-state index is 2.50. The van der Waals surface area contributed by atoms with Crippen molar-refractivity contribution in [2.75, 3.05) is 13.1 Å². The van der Waals surface area contributed by atoms with Crippen LogP contribution in [0.1, 0.15) is 11.3 Å². The Kier molecular flexibility index (Phi) is 2.03. The standard InChI is InChI=1S/C12H13NS/c1-2-5-12-10(4-1)8-11(14-12)9-13-6-3-7-13/h1-2,4-5,8H,3,6-7,9H2. The molecule has 1 fully saturated rings. The van der Waals surface area contributed by atoms with E-state index in [0.717, 1.165) is 6.54 Å². The van der Waals surface area contributed by atoms with E-state index in [2.05, 4.69) is 35.2 Å². The fraction of sp³-hybridized carbons (Fsp3) is 0.333. The van der Waals surface area contributed by atoms with Crippen molar-refractivity contribution in [1.82, 2.24) is 4.90 Å². The van der Waals surface area contributed by atoms with Crippen LogP contribution in [0.15, 0.2) is 30.3 Å². The topological polar surface area (TPSA) is 3.24 Å². The summed E-state index contributed by atoms with van der Waals surface area (Å²) in [5.74, 6) is 0. The first kappa shape index (κ1) is 8.45. The molecule has 0 unspecified atom stereocenters. The van der Waals surface area contributed by atoms with Gasteiger partial charge in [-0.1, -0.05) is 18.2 Å². The van der Waals surface area contributed by atoms with Crippen LogP contribution in [0.5, 0.6) is 0 Å². The normalized spacial score (nSPS) is 17.1. The van der Waals surface area contributed by atoms with Crippen LogP contribution in [0.25, 0.3) is 10.1 Å². The van der Waals surface area contributed by atoms with Crippen LogP contribution in [0.3, 0.4) is 0 Å². The van der Waals surface area contributed by atoms with E-state index in [9.17, 15) is 0 Å². The van der Waals surface area contributed by atoms with E-state index in [1.54, 1.807) is 0 Å². The maximum atomic E-state index is 2.50. The number of likely N-dealkylation sites (tertiary alicyclic amines) is 1. The Hall–Kier alpha value is -0.860. The number of nitrogens with zero attached hydrogens (tertiary/aromatic N) is 1. The van der Waals surface area contributed by atoms with E-state index in [-0.39, 0.29) is 0 Å². The molecule has 2 heteroatoms. The number of hydrogen-bond donors (Lipinski definition) is 0. The highest BCUT2D eigenvalue weighted by atomic mass is 32.1. The van der Waals surface area contributed by atoms with Gasteiger partial charge in [-0.2, -0.15) is 0 Å². The first-order chi connectivity index (χ1) is 6.92. The Balaban J connectivity index is 1.89. The van der Waals surface area contributed by atoms with Gasteiger partial charge in [-0.05, 0) is 37.0 Å². The smallest absolute Gasteiger partial charge is 0.0346 e. The minimum absolute atomic E-state index is 1.15. The molecule has 0 spiro atoms. The van der Waals surface area contributed by atoms with Crippen LogP contribution in [0, 0.1) is 0 Å². The molecule has 0 N–H and O–H groups in total. The Morgan fingerprint density at radius 2 is 2.07 bits per heavy atom. The molecule has 1 aromatic heterocycles. The summed E-state index contributed by atoms with van der Waals surface area (Å²) in [7, 11) is 0. The number of benzene rings is 1. The summed E-state index contributed by atoms with van der Waals surface area (Å²) in [6.45, 7) is 3.72. The molecule has 1 aromatic carbocycles. The SMILES string of the molecule is c1ccc2sc(CN3CCC3)cc2c1. The highest BCUT2D eigenvalue weighted by molar-refractivity contribution is 7.19. The van der Waals surface area contributed by atoms with Gasteiger partial charge < -0.3 is 0 Å². The van der Waals surface area contributed by atoms with Gasteiger partial charge in [0.25, 0.3) is 0 Å². The van der Waals surface area contributed by atoms with Gasteiger partial charge in [0.2, 0.25) is 0 Å². The van der Waals surface area contributed by atoms with Crippen LogP contribution < -0.4 is 0 Å². The monoisotopic (exact) mass is 203 g/mol. The van der Waals surface area contributed by atoms with Crippen molar-refractivity contribution in [3.63, 3.8) is 0 Å². The predicted molar refractivity (Wildman–Crippen MR) is 61.7 cm³/mol. The fourth-order valence-electron chi connectivity index (χ4n) is 1.87. The lowest BCUT2D eigenvalue weighted by atomic mass is 10.2. The molecular weight excluding hydrogens is 190 g/mol. The molecule has 1 aliphatic rings. The minimum Gasteiger partial charge on any atom is -0.298 e. The predicted octanol–water partition coefficient (Wildman–Crippen LogP) is 3.11. The van der Waals surface area contributed by atoms with Crippen LogP contribution in [0.2, 0.25) is 0 Å². The average molecular weight is 203 g/mol. The Morgan fingerprint density at radius 3 is 2.79 bits per heavy atom. The summed E-state index contributed by atoms with van der Waals surface area (Å²) in [4.78, 5) is 4.01. The third-order valence-corrected chi connectivity index (χ3v) is 3.91. The fourth-order valence-corrected chi connectivity index (χ4v) is 2.98. The zero-order chi connectivity index (χ0) is 9.38. The van der Waals surface area contributed by atoms with Gasteiger partial charge in [0.15, 0.2) is 0 Å². The van der Waals surface area contributed by atoms with Crippen molar-refractivity contribution < 1.29 is 0 Å². The van der Waals surface area contributed by atoms with Crippen LogP contribution in [0.4, 0.5) is 0 Å². The average Bonchev–Trinajstić information content (AvgIpc) is 2.53. The number of thiophene rings is 1. The summed E-state index contributed by atoms with van der Waals surface area (Å²) in [5.41, 5.74) is 0. The molecule has 14 heavy (non-hydrogen) atoms. The second kappa shape index (κ2) is 3.37. The minimum atomic E-state index is 1.15. The van der Waals surface area contributed by atoms with E-state index in [0.29, 0.717) is 0 Å². The van der Waals surface area contributed by atoms with E-state index in [1.165, 1.54) is 34.5 Å². The van der Waals surface area contributed by atoms with Crippen molar-refractivity contribution in [1.29, 1.82) is 0 Å². The molecule has 0 radical (unpaired) electrons. The molecule has 0 bridgehead atoms. The van der Waals surface area contributed by atoms with Gasteiger partial charge in [0.1, 0.15) is 0 Å². The largest absolute Gasteiger partial charge is 0.298 e. The Morgan fingerprint density at radius 1 is 1.21 bits per heavy atom. The van der Waals surface area contributed by atoms with E-state index in [4.69, 9.17) is 0 Å². The van der Waals surface area contributed by atoms with E-state index in [1.807, 2.05) is 11.3 Å². The molecule has 2 heterocycles. The quantitative estimate of drug-likeness (QED) is 0.725. The van der Waals surface area contributed by atoms with Gasteiger partial charge in [0.05, 0.1) is 0 Å². The Labute approximate surface area is 88.0 Å². The zero-order valence-corrected chi connectivity index (χ0v) is 8.89. The molecule has 0 atom stereocenters. The summed E-state index contributed by atoms with van der Waals surface area (Å²) < 4.78 is 1.42. The van der Waals surface area contributed by atoms with Gasteiger partial charge >= 0.3 is 0 Å². The summed E-state index contributed by atoms with van der Waals surface area (Å²) in [6, 6.07) is 11.0. The summed E-state index contributed by atoms with van der Waals surface area (Å²) in [5, 5.41) is 1.40. The molecule has 3 rings (SSSR count). The lowest BCUT2D eigenvalue weighted by molar-refractivity contribution is 0.174. The van der Waals surface area contributed by atoms with Crippen LogP contribution >= 0.6 is 11.3 Å². The van der Waals surface area contributed by atoms with Crippen molar-refractivity contribution in [2.45, 2.75) is 13.0 Å². The summed E-state index contributed by atoms with van der Waals surface area (Å²) in [6.07, 6.45) is 1.38. The van der Waals surface area contributed by atoms with Crippen molar-refractivity contribution in [2.24, 2.45) is 0 Å². The molecule has 72 valence electrons. The molecule has 0 aliphatic carbocycles. The van der Waals surface area contributed by atoms with Gasteiger partial charge in [-0.15, -0.1) is 11.3 Å². The number of hydrogen-bond acceptors (Lipinski definition) is 2. The highest BCUT2D eigenvalue weighted by Gasteiger charge is 2.14. The second-order valence-corrected chi connectivity index (χ2v) is 5.05. The molecule has 1 nitrogen and oxygen atoms in total. The van der Waals surface area contributed by atoms with Crippen molar-refractivity contribution >= 4 is 21.4 Å². The lowest BCUT2D eigenvalue weighted by Crippen LogP contribution is -2.35. The highest BCUT2D eigenvalue weighted by Crippen LogP contribution is 2.27. The van der Waals surface area contributed by atoms with E-state index < -0.39 is 0 Å². The molecular formula is C12H13NS. The molecule has 1 aliphatic heterocycles. The van der Waals surface area contributed by atoms with E-state index >= 15 is 0 Å².